The van der Waals surface area contributed by atoms with Gasteiger partial charge in [0.1, 0.15) is 11.5 Å². The van der Waals surface area contributed by atoms with E-state index in [1.165, 1.54) is 18.2 Å². The highest BCUT2D eigenvalue weighted by molar-refractivity contribution is 5.93. The number of carbonyl (C=O) groups is 2. The molecule has 1 aliphatic rings. The van der Waals surface area contributed by atoms with Crippen LogP contribution in [-0.4, -0.2) is 38.5 Å². The Morgan fingerprint density at radius 2 is 1.73 bits per heavy atom. The van der Waals surface area contributed by atoms with Crippen molar-refractivity contribution in [3.8, 4) is 23.0 Å². The fourth-order valence-electron chi connectivity index (χ4n) is 2.52. The average Bonchev–Trinajstić information content (AvgIpc) is 3.03. The topological polar surface area (TPSA) is 92.3 Å². The Labute approximate surface area is 170 Å². The molecule has 0 saturated carbocycles. The highest BCUT2D eigenvalue weighted by Gasteiger charge is 2.43. The zero-order valence-corrected chi connectivity index (χ0v) is 16.0. The molecule has 10 heteroatoms. The molecule has 2 aromatic carbocycles. The molecule has 8 nitrogen and oxygen atoms in total. The van der Waals surface area contributed by atoms with Gasteiger partial charge < -0.3 is 29.0 Å². The number of amides is 1. The number of methoxy groups -OCH3 is 1. The molecular weight excluding hydrogens is 404 g/mol. The minimum atomic E-state index is -3.74. The van der Waals surface area contributed by atoms with Gasteiger partial charge in [-0.05, 0) is 42.8 Å². The van der Waals surface area contributed by atoms with Crippen LogP contribution >= 0.6 is 0 Å². The van der Waals surface area contributed by atoms with E-state index in [9.17, 15) is 18.4 Å². The summed E-state index contributed by atoms with van der Waals surface area (Å²) in [6.07, 6.45) is -3.26. The Morgan fingerprint density at radius 3 is 2.47 bits per heavy atom. The van der Waals surface area contributed by atoms with Gasteiger partial charge in [-0.1, -0.05) is 0 Å². The van der Waals surface area contributed by atoms with Crippen molar-refractivity contribution in [2.75, 3.05) is 25.6 Å². The van der Waals surface area contributed by atoms with Crippen molar-refractivity contribution >= 4 is 17.6 Å². The molecule has 0 fully saturated rings. The minimum Gasteiger partial charge on any atom is -0.497 e. The molecule has 0 bridgehead atoms. The van der Waals surface area contributed by atoms with E-state index in [0.717, 1.165) is 0 Å². The molecule has 0 spiro atoms. The summed E-state index contributed by atoms with van der Waals surface area (Å²) >= 11 is 0. The number of benzene rings is 2. The molecule has 0 saturated heterocycles. The zero-order valence-electron chi connectivity index (χ0n) is 16.0. The molecule has 30 heavy (non-hydrogen) atoms. The highest BCUT2D eigenvalue weighted by Crippen LogP contribution is 2.42. The number of halogens is 2. The largest absolute Gasteiger partial charge is 0.586 e. The second-order valence-electron chi connectivity index (χ2n) is 6.17. The van der Waals surface area contributed by atoms with E-state index in [2.05, 4.69) is 14.8 Å². The van der Waals surface area contributed by atoms with Gasteiger partial charge >= 0.3 is 12.3 Å². The van der Waals surface area contributed by atoms with Crippen LogP contribution in [-0.2, 0) is 14.3 Å². The fourth-order valence-corrected chi connectivity index (χ4v) is 2.52. The lowest BCUT2D eigenvalue weighted by atomic mass is 10.3. The van der Waals surface area contributed by atoms with E-state index in [0.29, 0.717) is 24.5 Å². The normalized spacial score (nSPS) is 13.4. The first-order chi connectivity index (χ1) is 14.3. The third kappa shape index (κ3) is 5.97. The number of nitrogens with one attached hydrogen (secondary N) is 1. The lowest BCUT2D eigenvalue weighted by Gasteiger charge is -2.08. The van der Waals surface area contributed by atoms with Crippen LogP contribution in [0.3, 0.4) is 0 Å². The van der Waals surface area contributed by atoms with Crippen LogP contribution in [0, 0.1) is 0 Å². The summed E-state index contributed by atoms with van der Waals surface area (Å²) in [6.45, 7) is -0.210. The summed E-state index contributed by atoms with van der Waals surface area (Å²) < 4.78 is 50.0. The lowest BCUT2D eigenvalue weighted by molar-refractivity contribution is -0.286. The molecular formula is C20H19F2NO7. The predicted molar refractivity (Wildman–Crippen MR) is 100.0 cm³/mol. The van der Waals surface area contributed by atoms with Crippen LogP contribution in [0.5, 0.6) is 23.0 Å². The first-order valence-corrected chi connectivity index (χ1v) is 8.97. The maximum Gasteiger partial charge on any atom is 0.586 e. The first kappa shape index (κ1) is 21.2. The van der Waals surface area contributed by atoms with Crippen LogP contribution in [0.2, 0.25) is 0 Å². The number of anilines is 1. The summed E-state index contributed by atoms with van der Waals surface area (Å²) in [4.78, 5) is 23.6. The van der Waals surface area contributed by atoms with E-state index in [-0.39, 0.29) is 23.6 Å². The Bertz CT molecular complexity index is 903. The summed E-state index contributed by atoms with van der Waals surface area (Å²) in [7, 11) is 1.57. The number of rotatable bonds is 9. The van der Waals surface area contributed by atoms with Gasteiger partial charge in [-0.2, -0.15) is 0 Å². The average molecular weight is 423 g/mol. The smallest absolute Gasteiger partial charge is 0.497 e. The van der Waals surface area contributed by atoms with Gasteiger partial charge in [-0.15, -0.1) is 8.78 Å². The van der Waals surface area contributed by atoms with E-state index >= 15 is 0 Å². The minimum absolute atomic E-state index is 0.0720. The maximum absolute atomic E-state index is 13.0. The molecule has 0 aromatic heterocycles. The van der Waals surface area contributed by atoms with Gasteiger partial charge in [-0.3, -0.25) is 9.59 Å². The molecule has 1 amide bonds. The molecule has 0 unspecified atom stereocenters. The summed E-state index contributed by atoms with van der Waals surface area (Å²) in [5.41, 5.74) is 0.198. The van der Waals surface area contributed by atoms with E-state index < -0.39 is 24.8 Å². The second-order valence-corrected chi connectivity index (χ2v) is 6.17. The molecule has 2 aromatic rings. The van der Waals surface area contributed by atoms with Crippen molar-refractivity contribution in [1.82, 2.24) is 0 Å². The van der Waals surface area contributed by atoms with Crippen molar-refractivity contribution in [2.24, 2.45) is 0 Å². The van der Waals surface area contributed by atoms with Crippen molar-refractivity contribution in [1.29, 1.82) is 0 Å². The zero-order chi connectivity index (χ0) is 21.6. The van der Waals surface area contributed by atoms with Gasteiger partial charge in [0.25, 0.3) is 5.91 Å². The number of hydrogen-bond donors (Lipinski definition) is 1. The third-order valence-electron chi connectivity index (χ3n) is 3.90. The number of esters is 1. The monoisotopic (exact) mass is 423 g/mol. The molecule has 0 radical (unpaired) electrons. The Balaban J connectivity index is 1.33. The second kappa shape index (κ2) is 9.29. The van der Waals surface area contributed by atoms with Gasteiger partial charge in [0.15, 0.2) is 18.1 Å². The summed E-state index contributed by atoms with van der Waals surface area (Å²) in [6, 6.07) is 10.8. The Kier molecular flexibility index (Phi) is 6.55. The molecule has 1 N–H and O–H groups in total. The molecule has 3 rings (SSSR count). The number of ether oxygens (including phenoxy) is 5. The molecule has 0 aliphatic carbocycles. The van der Waals surface area contributed by atoms with Gasteiger partial charge in [0.2, 0.25) is 0 Å². The highest BCUT2D eigenvalue weighted by atomic mass is 19.3. The third-order valence-corrected chi connectivity index (χ3v) is 3.90. The Hall–Kier alpha value is -3.56. The van der Waals surface area contributed by atoms with Gasteiger partial charge in [-0.25, -0.2) is 0 Å². The predicted octanol–water partition coefficient (Wildman–Crippen LogP) is 3.36. The number of fused-ring (bicyclic) bond motifs is 1. The standard InChI is InChI=1S/C20H19F2NO7/c1-26-14-5-7-15(8-6-14)27-10-2-3-19(25)28-12-18(24)23-13-4-9-16-17(11-13)30-20(21,22)29-16/h4-9,11H,2-3,10,12H2,1H3,(H,23,24). The first-order valence-electron chi connectivity index (χ1n) is 8.97. The van der Waals surface area contributed by atoms with Crippen LogP contribution < -0.4 is 24.3 Å². The van der Waals surface area contributed by atoms with Crippen molar-refractivity contribution in [3.63, 3.8) is 0 Å². The van der Waals surface area contributed by atoms with E-state index in [1.807, 2.05) is 0 Å². The number of carbonyl (C=O) groups excluding carboxylic acids is 2. The lowest BCUT2D eigenvalue weighted by Crippen LogP contribution is -2.25. The fraction of sp³-hybridized carbons (Fsp3) is 0.300. The molecule has 1 heterocycles. The molecule has 0 atom stereocenters. The molecule has 1 aliphatic heterocycles. The SMILES string of the molecule is COc1ccc(OCCCC(=O)OCC(=O)Nc2ccc3c(c2)OC(F)(F)O3)cc1. The molecule has 160 valence electrons. The van der Waals surface area contributed by atoms with E-state index in [1.54, 1.807) is 31.4 Å². The van der Waals surface area contributed by atoms with Crippen LogP contribution in [0.4, 0.5) is 14.5 Å². The van der Waals surface area contributed by atoms with Crippen molar-refractivity contribution in [3.05, 3.63) is 42.5 Å². The van der Waals surface area contributed by atoms with Gasteiger partial charge in [0.05, 0.1) is 13.7 Å². The van der Waals surface area contributed by atoms with E-state index in [4.69, 9.17) is 14.2 Å². The van der Waals surface area contributed by atoms with Crippen molar-refractivity contribution in [2.45, 2.75) is 19.1 Å². The summed E-state index contributed by atoms with van der Waals surface area (Å²) in [5, 5.41) is 2.42. The van der Waals surface area contributed by atoms with Crippen LogP contribution in [0.15, 0.2) is 42.5 Å². The Morgan fingerprint density at radius 1 is 1.03 bits per heavy atom. The van der Waals surface area contributed by atoms with Gasteiger partial charge in [0, 0.05) is 18.2 Å². The number of alkyl halides is 2. The summed E-state index contributed by atoms with van der Waals surface area (Å²) in [5.74, 6) is -0.168. The van der Waals surface area contributed by atoms with Crippen LogP contribution in [0.1, 0.15) is 12.8 Å². The van der Waals surface area contributed by atoms with Crippen molar-refractivity contribution < 1.29 is 42.1 Å². The quantitative estimate of drug-likeness (QED) is 0.488. The number of hydrogen-bond acceptors (Lipinski definition) is 7. The maximum atomic E-state index is 13.0. The van der Waals surface area contributed by atoms with Crippen LogP contribution in [0.25, 0.3) is 0 Å².